The van der Waals surface area contributed by atoms with Crippen LogP contribution in [0.3, 0.4) is 0 Å². The molecule has 1 fully saturated rings. The molecule has 29 heavy (non-hydrogen) atoms. The highest BCUT2D eigenvalue weighted by molar-refractivity contribution is 5.83. The number of nitrogens with one attached hydrogen (secondary N) is 2. The summed E-state index contributed by atoms with van der Waals surface area (Å²) in [5.41, 5.74) is -0.331. The molecule has 2 rings (SSSR count). The largest absolute Gasteiger partial charge is 0.416 e. The van der Waals surface area contributed by atoms with Crippen molar-refractivity contribution in [3.8, 4) is 0 Å². The van der Waals surface area contributed by atoms with E-state index < -0.39 is 23.6 Å². The molecule has 0 saturated carbocycles. The normalized spacial score (nSPS) is 19.7. The Morgan fingerprint density at radius 1 is 1.17 bits per heavy atom. The number of urea groups is 1. The predicted octanol–water partition coefficient (Wildman–Crippen LogP) is 4.00. The van der Waals surface area contributed by atoms with Gasteiger partial charge < -0.3 is 15.5 Å². The summed E-state index contributed by atoms with van der Waals surface area (Å²) in [7, 11) is 0. The van der Waals surface area contributed by atoms with E-state index in [1.165, 1.54) is 11.0 Å². The first-order chi connectivity index (χ1) is 13.5. The van der Waals surface area contributed by atoms with Gasteiger partial charge in [-0.3, -0.25) is 4.79 Å². The van der Waals surface area contributed by atoms with Crippen molar-refractivity contribution in [2.75, 3.05) is 19.6 Å². The highest BCUT2D eigenvalue weighted by atomic mass is 19.4. The predicted molar refractivity (Wildman–Crippen MR) is 105 cm³/mol. The van der Waals surface area contributed by atoms with Gasteiger partial charge in [-0.15, -0.1) is 0 Å². The van der Waals surface area contributed by atoms with Crippen LogP contribution in [0.25, 0.3) is 0 Å². The molecule has 1 aromatic rings. The van der Waals surface area contributed by atoms with Gasteiger partial charge in [-0.25, -0.2) is 4.79 Å². The maximum atomic E-state index is 13.1. The van der Waals surface area contributed by atoms with Gasteiger partial charge in [-0.1, -0.05) is 32.0 Å². The van der Waals surface area contributed by atoms with Crippen LogP contribution in [0.15, 0.2) is 24.3 Å². The number of nitrogens with zero attached hydrogens (tertiary/aromatic N) is 1. The van der Waals surface area contributed by atoms with E-state index >= 15 is 0 Å². The van der Waals surface area contributed by atoms with E-state index in [0.717, 1.165) is 18.6 Å². The third-order valence-electron chi connectivity index (χ3n) is 5.02. The van der Waals surface area contributed by atoms with Gasteiger partial charge in [0.05, 0.1) is 11.5 Å². The number of amides is 3. The molecule has 0 aliphatic carbocycles. The van der Waals surface area contributed by atoms with Gasteiger partial charge in [0.2, 0.25) is 5.91 Å². The van der Waals surface area contributed by atoms with Crippen molar-refractivity contribution in [2.45, 2.75) is 52.3 Å². The standard InChI is InChI=1S/C21H30F3N3O2/c1-13(2)8-9-25-19(28)18-12-27(20(29)26-14(3)4)11-17(18)15-6-5-7-16(10-15)21(22,23)24/h5-7,10,13-14,17-18H,8-9,11-12H2,1-4H3,(H,25,28)(H,26,29). The van der Waals surface area contributed by atoms with Gasteiger partial charge in [-0.05, 0) is 37.8 Å². The fourth-order valence-corrected chi connectivity index (χ4v) is 3.47. The lowest BCUT2D eigenvalue weighted by atomic mass is 9.87. The summed E-state index contributed by atoms with van der Waals surface area (Å²) < 4.78 is 39.4. The Hall–Kier alpha value is -2.25. The molecule has 2 unspecified atom stereocenters. The Morgan fingerprint density at radius 2 is 1.86 bits per heavy atom. The van der Waals surface area contributed by atoms with Gasteiger partial charge in [0.1, 0.15) is 0 Å². The lowest BCUT2D eigenvalue weighted by molar-refractivity contribution is -0.137. The van der Waals surface area contributed by atoms with E-state index in [1.807, 2.05) is 27.7 Å². The second kappa shape index (κ2) is 9.50. The number of rotatable bonds is 6. The Labute approximate surface area is 170 Å². The van der Waals surface area contributed by atoms with Crippen molar-refractivity contribution in [2.24, 2.45) is 11.8 Å². The zero-order chi connectivity index (χ0) is 21.8. The zero-order valence-corrected chi connectivity index (χ0v) is 17.3. The molecular formula is C21H30F3N3O2. The Morgan fingerprint density at radius 3 is 2.45 bits per heavy atom. The first-order valence-electron chi connectivity index (χ1n) is 9.99. The molecule has 1 heterocycles. The van der Waals surface area contributed by atoms with E-state index in [4.69, 9.17) is 0 Å². The van der Waals surface area contributed by atoms with Crippen molar-refractivity contribution < 1.29 is 22.8 Å². The van der Waals surface area contributed by atoms with Crippen molar-refractivity contribution in [3.05, 3.63) is 35.4 Å². The maximum Gasteiger partial charge on any atom is 0.416 e. The minimum Gasteiger partial charge on any atom is -0.356 e. The van der Waals surface area contributed by atoms with Crippen molar-refractivity contribution in [3.63, 3.8) is 0 Å². The first kappa shape index (κ1) is 23.0. The fourth-order valence-electron chi connectivity index (χ4n) is 3.47. The van der Waals surface area contributed by atoms with Gasteiger partial charge in [-0.2, -0.15) is 13.2 Å². The van der Waals surface area contributed by atoms with Crippen molar-refractivity contribution in [1.29, 1.82) is 0 Å². The average molecular weight is 413 g/mol. The molecule has 0 bridgehead atoms. The molecule has 2 N–H and O–H groups in total. The van der Waals surface area contributed by atoms with Crippen LogP contribution in [0.1, 0.15) is 51.2 Å². The molecule has 162 valence electrons. The molecule has 0 radical (unpaired) electrons. The highest BCUT2D eigenvalue weighted by Gasteiger charge is 2.41. The molecule has 0 spiro atoms. The lowest BCUT2D eigenvalue weighted by Crippen LogP contribution is -2.42. The van der Waals surface area contributed by atoms with Crippen molar-refractivity contribution >= 4 is 11.9 Å². The second-order valence-corrected chi connectivity index (χ2v) is 8.32. The van der Waals surface area contributed by atoms with Crippen LogP contribution in [0.4, 0.5) is 18.0 Å². The Bertz CT molecular complexity index is 719. The van der Waals surface area contributed by atoms with E-state index in [-0.39, 0.29) is 31.1 Å². The molecule has 1 aliphatic heterocycles. The molecule has 8 heteroatoms. The van der Waals surface area contributed by atoms with Gasteiger partial charge in [0.15, 0.2) is 0 Å². The van der Waals surface area contributed by atoms with Crippen LogP contribution in [-0.4, -0.2) is 42.5 Å². The summed E-state index contributed by atoms with van der Waals surface area (Å²) in [4.78, 5) is 26.7. The molecule has 3 amide bonds. The second-order valence-electron chi connectivity index (χ2n) is 8.32. The zero-order valence-electron chi connectivity index (χ0n) is 17.3. The van der Waals surface area contributed by atoms with Gasteiger partial charge in [0, 0.05) is 31.6 Å². The minimum atomic E-state index is -4.46. The molecule has 0 aromatic heterocycles. The van der Waals surface area contributed by atoms with Crippen LogP contribution in [0.2, 0.25) is 0 Å². The number of carbonyl (C=O) groups excluding carboxylic acids is 2. The summed E-state index contributed by atoms with van der Waals surface area (Å²) in [6.45, 7) is 8.62. The SMILES string of the molecule is CC(C)CCNC(=O)C1CN(C(=O)NC(C)C)CC1c1cccc(C(F)(F)F)c1. The Balaban J connectivity index is 2.25. The van der Waals surface area contributed by atoms with Crippen LogP contribution in [-0.2, 0) is 11.0 Å². The van der Waals surface area contributed by atoms with Crippen LogP contribution in [0, 0.1) is 11.8 Å². The fraction of sp³-hybridized carbons (Fsp3) is 0.619. The van der Waals surface area contributed by atoms with Crippen LogP contribution >= 0.6 is 0 Å². The maximum absolute atomic E-state index is 13.1. The number of hydrogen-bond donors (Lipinski definition) is 2. The van der Waals surface area contributed by atoms with Crippen molar-refractivity contribution in [1.82, 2.24) is 15.5 Å². The number of likely N-dealkylation sites (tertiary alicyclic amines) is 1. The number of alkyl halides is 3. The summed E-state index contributed by atoms with van der Waals surface area (Å²) in [5.74, 6) is -0.891. The van der Waals surface area contributed by atoms with Gasteiger partial charge >= 0.3 is 12.2 Å². The molecule has 1 aromatic carbocycles. The third kappa shape index (κ3) is 6.37. The minimum absolute atomic E-state index is 0.0755. The molecule has 2 atom stereocenters. The van der Waals surface area contributed by atoms with E-state index in [0.29, 0.717) is 18.0 Å². The van der Waals surface area contributed by atoms with Crippen LogP contribution < -0.4 is 10.6 Å². The van der Waals surface area contributed by atoms with E-state index in [1.54, 1.807) is 6.07 Å². The number of benzene rings is 1. The molecule has 5 nitrogen and oxygen atoms in total. The number of carbonyl (C=O) groups is 2. The highest BCUT2D eigenvalue weighted by Crippen LogP contribution is 2.36. The van der Waals surface area contributed by atoms with E-state index in [9.17, 15) is 22.8 Å². The van der Waals surface area contributed by atoms with E-state index in [2.05, 4.69) is 10.6 Å². The summed E-state index contributed by atoms with van der Waals surface area (Å²) >= 11 is 0. The summed E-state index contributed by atoms with van der Waals surface area (Å²) in [6.07, 6.45) is -3.65. The molecule has 1 saturated heterocycles. The Kier molecular flexibility index (Phi) is 7.54. The number of halogens is 3. The monoisotopic (exact) mass is 413 g/mol. The average Bonchev–Trinajstić information content (AvgIpc) is 3.06. The lowest BCUT2D eigenvalue weighted by Gasteiger charge is -2.19. The van der Waals surface area contributed by atoms with Crippen LogP contribution in [0.5, 0.6) is 0 Å². The molecular weight excluding hydrogens is 383 g/mol. The summed E-state index contributed by atoms with van der Waals surface area (Å²) in [5, 5.41) is 5.67. The summed E-state index contributed by atoms with van der Waals surface area (Å²) in [6, 6.07) is 4.66. The first-order valence-corrected chi connectivity index (χ1v) is 9.99. The number of hydrogen-bond acceptors (Lipinski definition) is 2. The third-order valence-corrected chi connectivity index (χ3v) is 5.02. The quantitative estimate of drug-likeness (QED) is 0.741. The smallest absolute Gasteiger partial charge is 0.356 e. The molecule has 1 aliphatic rings. The topological polar surface area (TPSA) is 61.4 Å². The van der Waals surface area contributed by atoms with Gasteiger partial charge in [0.25, 0.3) is 0 Å².